The van der Waals surface area contributed by atoms with E-state index in [9.17, 15) is 58.6 Å². The van der Waals surface area contributed by atoms with Crippen LogP contribution in [-0.2, 0) is 43.1 Å². The van der Waals surface area contributed by atoms with Gasteiger partial charge >= 0.3 is 0 Å². The van der Waals surface area contributed by atoms with Crippen molar-refractivity contribution in [2.45, 2.75) is 112 Å². The van der Waals surface area contributed by atoms with E-state index in [0.29, 0.717) is 0 Å². The third kappa shape index (κ3) is 7.86. The second-order valence-corrected chi connectivity index (χ2v) is 10.8. The van der Waals surface area contributed by atoms with Crippen LogP contribution in [0.4, 0.5) is 0 Å². The van der Waals surface area contributed by atoms with Gasteiger partial charge in [0.2, 0.25) is 16.3 Å². The van der Waals surface area contributed by atoms with Crippen LogP contribution in [-0.4, -0.2) is 165 Å². The number of aliphatic hydroxyl groups is 8. The van der Waals surface area contributed by atoms with Crippen LogP contribution in [0.3, 0.4) is 0 Å². The van der Waals surface area contributed by atoms with Crippen molar-refractivity contribution in [3.05, 3.63) is 0 Å². The highest BCUT2D eigenvalue weighted by Crippen LogP contribution is 2.34. The maximum atomic E-state index is 12.0. The van der Waals surface area contributed by atoms with Gasteiger partial charge in [-0.05, 0) is 6.42 Å². The van der Waals surface area contributed by atoms with E-state index in [2.05, 4.69) is 9.50 Å². The largest absolute Gasteiger partial charge is 0.726 e. The minimum absolute atomic E-state index is 0.166. The van der Waals surface area contributed by atoms with Gasteiger partial charge in [0.1, 0.15) is 67.1 Å². The number of carbonyl (C=O) groups excluding carboxylic acids is 1. The molecule has 3 saturated heterocycles. The molecular formula is C21H36NO18S-. The molecule has 15 unspecified atom stereocenters. The molecule has 3 aliphatic heterocycles. The molecule has 0 saturated carbocycles. The molecule has 15 atom stereocenters. The lowest BCUT2D eigenvalue weighted by molar-refractivity contribution is -0.370. The normalized spacial score (nSPS) is 45.8. The standard InChI is InChI=1S/C21H37NO18S/c1-3-7-11(26)13(28)14(29)20(36-7)38-16-9(5-24)35-19(31)10(22-6(2)25)17(16)39-21-15(30)18(40-41(32,33)34)12(27)8(4-23)37-21/h7-21,23-24,26-31H,3-5H2,1-2H3,(H,22,25)(H,32,33,34)/p-1. The van der Waals surface area contributed by atoms with Crippen LogP contribution in [0.5, 0.6) is 0 Å². The number of nitrogens with one attached hydrogen (secondary N) is 1. The highest BCUT2D eigenvalue weighted by molar-refractivity contribution is 7.80. The van der Waals surface area contributed by atoms with Gasteiger partial charge < -0.3 is 74.4 Å². The van der Waals surface area contributed by atoms with E-state index in [1.165, 1.54) is 0 Å². The molecule has 0 spiro atoms. The van der Waals surface area contributed by atoms with Gasteiger partial charge in [-0.25, -0.2) is 8.42 Å². The van der Waals surface area contributed by atoms with E-state index in [0.717, 1.165) is 6.92 Å². The van der Waals surface area contributed by atoms with Crippen LogP contribution >= 0.6 is 0 Å². The maximum Gasteiger partial charge on any atom is 0.218 e. The van der Waals surface area contributed by atoms with E-state index in [1.54, 1.807) is 6.92 Å². The molecule has 41 heavy (non-hydrogen) atoms. The van der Waals surface area contributed by atoms with E-state index < -0.39 is 122 Å². The molecule has 0 bridgehead atoms. The third-order valence-corrected chi connectivity index (χ3v) is 7.38. The number of rotatable bonds is 10. The lowest BCUT2D eigenvalue weighted by atomic mass is 9.94. The Balaban J connectivity index is 1.98. The fourth-order valence-electron chi connectivity index (χ4n) is 4.87. The molecule has 0 aromatic rings. The Morgan fingerprint density at radius 3 is 1.88 bits per heavy atom. The molecule has 3 rings (SSSR count). The number of hydrogen-bond acceptors (Lipinski definition) is 18. The Kier molecular flexibility index (Phi) is 11.8. The minimum Gasteiger partial charge on any atom is -0.726 e. The summed E-state index contributed by atoms with van der Waals surface area (Å²) < 4.78 is 65.7. The zero-order valence-electron chi connectivity index (χ0n) is 21.9. The van der Waals surface area contributed by atoms with Gasteiger partial charge in [0, 0.05) is 6.92 Å². The van der Waals surface area contributed by atoms with Gasteiger partial charge in [0.05, 0.1) is 19.3 Å². The molecule has 0 radical (unpaired) electrons. The predicted octanol–water partition coefficient (Wildman–Crippen LogP) is -6.53. The summed E-state index contributed by atoms with van der Waals surface area (Å²) in [6.45, 7) is 0.825. The Morgan fingerprint density at radius 1 is 0.780 bits per heavy atom. The summed E-state index contributed by atoms with van der Waals surface area (Å²) in [5, 5.41) is 84.5. The Morgan fingerprint density at radius 2 is 1.34 bits per heavy atom. The lowest BCUT2D eigenvalue weighted by Crippen LogP contribution is -2.69. The number of aliphatic hydroxyl groups excluding tert-OH is 8. The highest BCUT2D eigenvalue weighted by atomic mass is 32.3. The summed E-state index contributed by atoms with van der Waals surface area (Å²) in [7, 11) is -5.51. The first kappa shape index (κ1) is 34.3. The summed E-state index contributed by atoms with van der Waals surface area (Å²) in [4.78, 5) is 12.0. The Bertz CT molecular complexity index is 970. The van der Waals surface area contributed by atoms with Gasteiger partial charge in [-0.3, -0.25) is 8.98 Å². The molecule has 240 valence electrons. The molecule has 0 aromatic carbocycles. The summed E-state index contributed by atoms with van der Waals surface area (Å²) in [6.07, 6.45) is -24.5. The SMILES string of the molecule is CCC1OC(OC2C(CO)OC(O)C(NC(C)=O)C2OC2OC(CO)C(O)C(OS(=O)(=O)[O-])C2O)C(O)C(O)C1O. The van der Waals surface area contributed by atoms with E-state index >= 15 is 0 Å². The molecule has 20 heteroatoms. The van der Waals surface area contributed by atoms with E-state index in [1.807, 2.05) is 0 Å². The summed E-state index contributed by atoms with van der Waals surface area (Å²) in [5.41, 5.74) is 0. The van der Waals surface area contributed by atoms with Crippen LogP contribution in [0, 0.1) is 0 Å². The fourth-order valence-corrected chi connectivity index (χ4v) is 5.37. The second kappa shape index (κ2) is 14.1. The monoisotopic (exact) mass is 622 g/mol. The van der Waals surface area contributed by atoms with Crippen molar-refractivity contribution in [1.82, 2.24) is 5.32 Å². The molecule has 9 N–H and O–H groups in total. The minimum atomic E-state index is -5.51. The highest BCUT2D eigenvalue weighted by Gasteiger charge is 2.55. The summed E-state index contributed by atoms with van der Waals surface area (Å²) in [6, 6.07) is -1.57. The van der Waals surface area contributed by atoms with Crippen LogP contribution in [0.15, 0.2) is 0 Å². The van der Waals surface area contributed by atoms with Gasteiger partial charge in [0.25, 0.3) is 0 Å². The molecule has 3 heterocycles. The molecule has 0 aliphatic carbocycles. The van der Waals surface area contributed by atoms with Crippen molar-refractivity contribution < 1.29 is 86.5 Å². The zero-order chi connectivity index (χ0) is 30.8. The molecule has 19 nitrogen and oxygen atoms in total. The number of carbonyl (C=O) groups is 1. The predicted molar refractivity (Wildman–Crippen MR) is 125 cm³/mol. The number of ether oxygens (including phenoxy) is 5. The van der Waals surface area contributed by atoms with Crippen LogP contribution in [0.2, 0.25) is 0 Å². The summed E-state index contributed by atoms with van der Waals surface area (Å²) in [5.74, 6) is -0.738. The zero-order valence-corrected chi connectivity index (χ0v) is 22.7. The van der Waals surface area contributed by atoms with Crippen molar-refractivity contribution in [2.75, 3.05) is 13.2 Å². The van der Waals surface area contributed by atoms with Crippen molar-refractivity contribution in [2.24, 2.45) is 0 Å². The fraction of sp³-hybridized carbons (Fsp3) is 0.952. The maximum absolute atomic E-state index is 12.0. The van der Waals surface area contributed by atoms with Gasteiger partial charge in [-0.15, -0.1) is 0 Å². The number of hydrogen-bond donors (Lipinski definition) is 9. The molecule has 1 amide bonds. The first-order chi connectivity index (χ1) is 19.1. The third-order valence-electron chi connectivity index (χ3n) is 6.92. The topological polar surface area (TPSA) is 304 Å². The van der Waals surface area contributed by atoms with Crippen molar-refractivity contribution in [1.29, 1.82) is 0 Å². The Hall–Kier alpha value is -1.18. The van der Waals surface area contributed by atoms with Crippen molar-refractivity contribution in [3.63, 3.8) is 0 Å². The lowest BCUT2D eigenvalue weighted by Gasteiger charge is -2.49. The Labute approximate surface area is 234 Å². The number of amides is 1. The smallest absolute Gasteiger partial charge is 0.218 e. The van der Waals surface area contributed by atoms with Gasteiger partial charge in [0.15, 0.2) is 18.9 Å². The molecule has 3 aliphatic rings. The van der Waals surface area contributed by atoms with E-state index in [4.69, 9.17) is 23.7 Å². The average Bonchev–Trinajstić information content (AvgIpc) is 2.90. The van der Waals surface area contributed by atoms with Gasteiger partial charge in [-0.2, -0.15) is 0 Å². The first-order valence-corrected chi connectivity index (χ1v) is 13.9. The van der Waals surface area contributed by atoms with Crippen molar-refractivity contribution >= 4 is 16.3 Å². The average molecular weight is 623 g/mol. The first-order valence-electron chi connectivity index (χ1n) is 12.6. The van der Waals surface area contributed by atoms with Gasteiger partial charge in [-0.1, -0.05) is 6.92 Å². The van der Waals surface area contributed by atoms with Crippen LogP contribution in [0.1, 0.15) is 20.3 Å². The summed E-state index contributed by atoms with van der Waals surface area (Å²) >= 11 is 0. The van der Waals surface area contributed by atoms with Crippen LogP contribution < -0.4 is 5.32 Å². The van der Waals surface area contributed by atoms with Crippen molar-refractivity contribution in [3.8, 4) is 0 Å². The molecule has 3 fully saturated rings. The van der Waals surface area contributed by atoms with E-state index in [-0.39, 0.29) is 6.42 Å². The van der Waals surface area contributed by atoms with Crippen LogP contribution in [0.25, 0.3) is 0 Å². The quantitative estimate of drug-likeness (QED) is 0.0807. The molecule has 0 aromatic heterocycles. The second-order valence-electron chi connectivity index (χ2n) is 9.77. The molecular weight excluding hydrogens is 586 g/mol.